The van der Waals surface area contributed by atoms with E-state index in [0.717, 1.165) is 24.8 Å². The van der Waals surface area contributed by atoms with E-state index >= 15 is 0 Å². The Morgan fingerprint density at radius 2 is 1.81 bits per heavy atom. The van der Waals surface area contributed by atoms with Crippen molar-refractivity contribution < 1.29 is 18.7 Å². The number of hydrogen-bond donors (Lipinski definition) is 1. The molecule has 1 heterocycles. The van der Waals surface area contributed by atoms with Crippen LogP contribution in [0.2, 0.25) is 0 Å². The first-order valence-electron chi connectivity index (χ1n) is 12.0. The number of aromatic nitrogens is 2. The smallest absolute Gasteiger partial charge is 0.279 e. The number of anilines is 2. The summed E-state index contributed by atoms with van der Waals surface area (Å²) in [6.45, 7) is 0. The van der Waals surface area contributed by atoms with Gasteiger partial charge in [0, 0.05) is 23.8 Å². The molecule has 0 saturated heterocycles. The maximum Gasteiger partial charge on any atom is 0.279 e. The minimum atomic E-state index is -1.09. The molecule has 37 heavy (non-hydrogen) atoms. The summed E-state index contributed by atoms with van der Waals surface area (Å²) in [5, 5.41) is 2.84. The Hall–Kier alpha value is -4.59. The Morgan fingerprint density at radius 3 is 2.57 bits per heavy atom. The van der Waals surface area contributed by atoms with Crippen LogP contribution in [0.1, 0.15) is 39.6 Å². The second-order valence-corrected chi connectivity index (χ2v) is 8.75. The third-order valence-electron chi connectivity index (χ3n) is 6.39. The monoisotopic (exact) mass is 496 g/mol. The van der Waals surface area contributed by atoms with Gasteiger partial charge in [-0.15, -0.1) is 0 Å². The molecule has 0 fully saturated rings. The van der Waals surface area contributed by atoms with Crippen LogP contribution in [0.3, 0.4) is 0 Å². The van der Waals surface area contributed by atoms with Gasteiger partial charge in [0.2, 0.25) is 0 Å². The van der Waals surface area contributed by atoms with Gasteiger partial charge in [0.25, 0.3) is 11.8 Å². The zero-order valence-electron chi connectivity index (χ0n) is 20.2. The van der Waals surface area contributed by atoms with Crippen molar-refractivity contribution in [3.05, 3.63) is 114 Å². The lowest BCUT2D eigenvalue weighted by atomic mass is 10.0. The lowest BCUT2D eigenvalue weighted by molar-refractivity contribution is -0.117. The number of carbonyl (C=O) groups excluding carboxylic acids is 2. The number of amides is 2. The number of methoxy groups -OCH3 is 1. The molecule has 0 bridgehead atoms. The third kappa shape index (κ3) is 5.18. The number of aryl methyl sites for hydroxylation is 2. The number of benzene rings is 3. The molecular formula is C29H25FN4O3. The average Bonchev–Trinajstić information content (AvgIpc) is 3.41. The van der Waals surface area contributed by atoms with E-state index in [0.29, 0.717) is 22.7 Å². The molecule has 1 aliphatic carbocycles. The molecule has 4 aromatic rings. The second kappa shape index (κ2) is 10.6. The normalized spacial score (nSPS) is 12.9. The molecule has 2 amide bonds. The molecule has 1 N–H and O–H groups in total. The molecule has 0 aliphatic heterocycles. The highest BCUT2D eigenvalue weighted by molar-refractivity contribution is 6.11. The van der Waals surface area contributed by atoms with Crippen LogP contribution in [-0.2, 0) is 17.6 Å². The molecule has 0 radical (unpaired) electrons. The Morgan fingerprint density at radius 1 is 1.00 bits per heavy atom. The summed E-state index contributed by atoms with van der Waals surface area (Å²) in [5.41, 5.74) is 4.00. The highest BCUT2D eigenvalue weighted by Gasteiger charge is 2.35. The van der Waals surface area contributed by atoms with Crippen LogP contribution in [-0.4, -0.2) is 28.9 Å². The first-order valence-corrected chi connectivity index (χ1v) is 12.0. The summed E-state index contributed by atoms with van der Waals surface area (Å²) in [5.74, 6) is -0.830. The number of rotatable bonds is 7. The van der Waals surface area contributed by atoms with Gasteiger partial charge < -0.3 is 10.1 Å². The number of halogens is 1. The van der Waals surface area contributed by atoms with E-state index in [9.17, 15) is 14.0 Å². The quantitative estimate of drug-likeness (QED) is 0.383. The number of nitrogens with zero attached hydrogens (tertiary/aromatic N) is 3. The van der Waals surface area contributed by atoms with E-state index in [1.165, 1.54) is 60.4 Å². The van der Waals surface area contributed by atoms with Crippen molar-refractivity contribution in [3.8, 4) is 5.75 Å². The standard InChI is InChI=1S/C29H25FN4O3/c1-37-25-7-3-6-21(17-25)27(28(35)33-23-11-9-22(30)10-12-23)34(29(36)26-18-31-14-15-32-26)24-13-8-19-4-2-5-20(19)16-24/h3,6-18,27H,2,4-5H2,1H3,(H,33,35)/t27-/m1/s1. The molecule has 0 spiro atoms. The molecule has 1 atom stereocenters. The predicted octanol–water partition coefficient (Wildman–Crippen LogP) is 5.14. The number of hydrogen-bond acceptors (Lipinski definition) is 5. The van der Waals surface area contributed by atoms with Crippen molar-refractivity contribution in [3.63, 3.8) is 0 Å². The maximum absolute atomic E-state index is 14.0. The molecule has 7 nitrogen and oxygen atoms in total. The molecule has 1 aromatic heterocycles. The van der Waals surface area contributed by atoms with Crippen molar-refractivity contribution in [2.45, 2.75) is 25.3 Å². The summed E-state index contributed by atoms with van der Waals surface area (Å²) in [7, 11) is 1.54. The highest BCUT2D eigenvalue weighted by Crippen LogP contribution is 2.35. The van der Waals surface area contributed by atoms with Gasteiger partial charge in [-0.2, -0.15) is 0 Å². The van der Waals surface area contributed by atoms with Gasteiger partial charge in [-0.3, -0.25) is 19.5 Å². The topological polar surface area (TPSA) is 84.4 Å². The molecule has 0 saturated carbocycles. The van der Waals surface area contributed by atoms with E-state index in [1.54, 1.807) is 24.3 Å². The minimum Gasteiger partial charge on any atom is -0.497 e. The molecule has 186 valence electrons. The van der Waals surface area contributed by atoms with Crippen molar-refractivity contribution >= 4 is 23.2 Å². The van der Waals surface area contributed by atoms with Crippen molar-refractivity contribution in [2.75, 3.05) is 17.3 Å². The first-order chi connectivity index (χ1) is 18.0. The summed E-state index contributed by atoms with van der Waals surface area (Å²) in [4.78, 5) is 37.6. The van der Waals surface area contributed by atoms with E-state index in [2.05, 4.69) is 15.3 Å². The van der Waals surface area contributed by atoms with Crippen LogP contribution in [0.4, 0.5) is 15.8 Å². The molecule has 3 aromatic carbocycles. The number of fused-ring (bicyclic) bond motifs is 1. The zero-order chi connectivity index (χ0) is 25.8. The molecule has 5 rings (SSSR count). The average molecular weight is 497 g/mol. The lowest BCUT2D eigenvalue weighted by Gasteiger charge is -2.31. The summed E-state index contributed by atoms with van der Waals surface area (Å²) >= 11 is 0. The van der Waals surface area contributed by atoms with E-state index in [-0.39, 0.29) is 5.69 Å². The van der Waals surface area contributed by atoms with Crippen LogP contribution in [0.25, 0.3) is 0 Å². The Balaban J connectivity index is 1.65. The van der Waals surface area contributed by atoms with Gasteiger partial charge in [-0.1, -0.05) is 18.2 Å². The maximum atomic E-state index is 14.0. The third-order valence-corrected chi connectivity index (χ3v) is 6.39. The Labute approximate surface area is 214 Å². The minimum absolute atomic E-state index is 0.102. The van der Waals surface area contributed by atoms with E-state index in [1.807, 2.05) is 18.2 Å². The predicted molar refractivity (Wildman–Crippen MR) is 138 cm³/mol. The van der Waals surface area contributed by atoms with Crippen LogP contribution < -0.4 is 15.0 Å². The Kier molecular flexibility index (Phi) is 6.89. The number of carbonyl (C=O) groups is 2. The molecule has 1 aliphatic rings. The van der Waals surface area contributed by atoms with Crippen LogP contribution in [0.5, 0.6) is 5.75 Å². The van der Waals surface area contributed by atoms with Crippen molar-refractivity contribution in [2.24, 2.45) is 0 Å². The summed E-state index contributed by atoms with van der Waals surface area (Å²) in [6, 6.07) is 17.2. The van der Waals surface area contributed by atoms with Crippen LogP contribution in [0.15, 0.2) is 85.3 Å². The van der Waals surface area contributed by atoms with E-state index in [4.69, 9.17) is 4.74 Å². The van der Waals surface area contributed by atoms with Crippen LogP contribution >= 0.6 is 0 Å². The Bertz CT molecular complexity index is 1430. The summed E-state index contributed by atoms with van der Waals surface area (Å²) in [6.07, 6.45) is 7.23. The van der Waals surface area contributed by atoms with E-state index < -0.39 is 23.7 Å². The van der Waals surface area contributed by atoms with Gasteiger partial charge in [0.15, 0.2) is 0 Å². The van der Waals surface area contributed by atoms with Gasteiger partial charge >= 0.3 is 0 Å². The fraction of sp³-hybridized carbons (Fsp3) is 0.172. The van der Waals surface area contributed by atoms with Crippen molar-refractivity contribution in [1.82, 2.24) is 9.97 Å². The largest absolute Gasteiger partial charge is 0.497 e. The molecule has 8 heteroatoms. The fourth-order valence-corrected chi connectivity index (χ4v) is 4.60. The number of ether oxygens (including phenoxy) is 1. The van der Waals surface area contributed by atoms with Gasteiger partial charge in [-0.05, 0) is 84.5 Å². The highest BCUT2D eigenvalue weighted by atomic mass is 19.1. The SMILES string of the molecule is COc1cccc([C@H](C(=O)Nc2ccc(F)cc2)N(C(=O)c2cnccn2)c2ccc3c(c2)CCC3)c1. The summed E-state index contributed by atoms with van der Waals surface area (Å²) < 4.78 is 18.9. The lowest BCUT2D eigenvalue weighted by Crippen LogP contribution is -2.42. The molecule has 0 unspecified atom stereocenters. The van der Waals surface area contributed by atoms with Gasteiger partial charge in [0.05, 0.1) is 13.3 Å². The van der Waals surface area contributed by atoms with Gasteiger partial charge in [-0.25, -0.2) is 9.37 Å². The zero-order valence-corrected chi connectivity index (χ0v) is 20.2. The number of nitrogens with one attached hydrogen (secondary N) is 1. The second-order valence-electron chi connectivity index (χ2n) is 8.75. The first kappa shape index (κ1) is 24.1. The van der Waals surface area contributed by atoms with Gasteiger partial charge in [0.1, 0.15) is 23.3 Å². The van der Waals surface area contributed by atoms with Crippen LogP contribution in [0, 0.1) is 5.82 Å². The molecular weight excluding hydrogens is 471 g/mol. The fourth-order valence-electron chi connectivity index (χ4n) is 4.60. The van der Waals surface area contributed by atoms with Crippen molar-refractivity contribution in [1.29, 1.82) is 0 Å².